The number of esters is 1. The van der Waals surface area contributed by atoms with Crippen molar-refractivity contribution in [2.45, 2.75) is 31.4 Å². The minimum atomic E-state index is -3.48. The summed E-state index contributed by atoms with van der Waals surface area (Å²) < 4.78 is 26.4. The van der Waals surface area contributed by atoms with Crippen LogP contribution < -0.4 is 0 Å². The molecular weight excluding hydrogens is 216 g/mol. The van der Waals surface area contributed by atoms with Crippen LogP contribution in [-0.4, -0.2) is 32.0 Å². The van der Waals surface area contributed by atoms with Crippen molar-refractivity contribution >= 4 is 15.8 Å². The number of rotatable bonds is 6. The fourth-order valence-electron chi connectivity index (χ4n) is 1.10. The van der Waals surface area contributed by atoms with E-state index in [4.69, 9.17) is 4.74 Å². The standard InChI is InChI=1S/C10H18O4S/c1-5-7-8-10(3,15(4,12)13)9(11)14-6-2/h5H,1,6-8H2,2-4H3. The fourth-order valence-corrected chi connectivity index (χ4v) is 1.95. The molecule has 0 aromatic rings. The van der Waals surface area contributed by atoms with Gasteiger partial charge in [0, 0.05) is 6.26 Å². The van der Waals surface area contributed by atoms with Crippen molar-refractivity contribution in [1.82, 2.24) is 0 Å². The third kappa shape index (κ3) is 3.34. The van der Waals surface area contributed by atoms with Gasteiger partial charge in [0.25, 0.3) is 0 Å². The molecule has 0 aliphatic heterocycles. The Kier molecular flexibility index (Phi) is 5.00. The molecule has 0 amide bonds. The fraction of sp³-hybridized carbons (Fsp3) is 0.700. The molecule has 0 aromatic heterocycles. The van der Waals surface area contributed by atoms with E-state index in [0.717, 1.165) is 6.26 Å². The van der Waals surface area contributed by atoms with Crippen LogP contribution in [0, 0.1) is 0 Å². The van der Waals surface area contributed by atoms with Crippen LogP contribution in [0.4, 0.5) is 0 Å². The summed E-state index contributed by atoms with van der Waals surface area (Å²) in [5, 5.41) is 0. The molecule has 0 aromatic carbocycles. The normalized spacial score (nSPS) is 15.4. The smallest absolute Gasteiger partial charge is 0.327 e. The second-order valence-electron chi connectivity index (χ2n) is 3.55. The molecule has 0 spiro atoms. The molecule has 0 bridgehead atoms. The number of carbonyl (C=O) groups excluding carboxylic acids is 1. The summed E-state index contributed by atoms with van der Waals surface area (Å²) in [5.74, 6) is -0.686. The lowest BCUT2D eigenvalue weighted by Gasteiger charge is -2.24. The summed E-state index contributed by atoms with van der Waals surface area (Å²) in [6.07, 6.45) is 3.30. The maximum absolute atomic E-state index is 11.6. The van der Waals surface area contributed by atoms with Gasteiger partial charge < -0.3 is 4.74 Å². The van der Waals surface area contributed by atoms with Crippen LogP contribution >= 0.6 is 0 Å². The molecular formula is C10H18O4S. The number of hydrogen-bond acceptors (Lipinski definition) is 4. The number of hydrogen-bond donors (Lipinski definition) is 0. The Balaban J connectivity index is 5.02. The highest BCUT2D eigenvalue weighted by atomic mass is 32.2. The molecule has 88 valence electrons. The molecule has 0 aliphatic rings. The molecule has 15 heavy (non-hydrogen) atoms. The minimum absolute atomic E-state index is 0.179. The van der Waals surface area contributed by atoms with E-state index in [1.54, 1.807) is 13.0 Å². The van der Waals surface area contributed by atoms with E-state index in [2.05, 4.69) is 6.58 Å². The first-order valence-electron chi connectivity index (χ1n) is 4.77. The first kappa shape index (κ1) is 14.2. The molecule has 0 N–H and O–H groups in total. The SMILES string of the molecule is C=CCCC(C)(C(=O)OCC)S(C)(=O)=O. The highest BCUT2D eigenvalue weighted by molar-refractivity contribution is 7.92. The van der Waals surface area contributed by atoms with Crippen LogP contribution in [0.1, 0.15) is 26.7 Å². The number of carbonyl (C=O) groups is 1. The number of ether oxygens (including phenoxy) is 1. The van der Waals surface area contributed by atoms with Gasteiger partial charge in [-0.1, -0.05) is 6.08 Å². The molecule has 0 radical (unpaired) electrons. The van der Waals surface area contributed by atoms with E-state index in [1.165, 1.54) is 6.92 Å². The van der Waals surface area contributed by atoms with Crippen molar-refractivity contribution < 1.29 is 17.9 Å². The van der Waals surface area contributed by atoms with Gasteiger partial charge in [-0.05, 0) is 26.7 Å². The zero-order valence-electron chi connectivity index (χ0n) is 9.45. The van der Waals surface area contributed by atoms with Crippen LogP contribution in [0.5, 0.6) is 0 Å². The van der Waals surface area contributed by atoms with E-state index >= 15 is 0 Å². The lowest BCUT2D eigenvalue weighted by atomic mass is 10.1. The highest BCUT2D eigenvalue weighted by Crippen LogP contribution is 2.24. The van der Waals surface area contributed by atoms with Crippen LogP contribution in [0.25, 0.3) is 0 Å². The highest BCUT2D eigenvalue weighted by Gasteiger charge is 2.44. The Morgan fingerprint density at radius 2 is 2.07 bits per heavy atom. The second-order valence-corrected chi connectivity index (χ2v) is 6.00. The van der Waals surface area contributed by atoms with Gasteiger partial charge in [0.05, 0.1) is 6.61 Å². The summed E-state index contributed by atoms with van der Waals surface area (Å²) >= 11 is 0. The van der Waals surface area contributed by atoms with Gasteiger partial charge in [0.2, 0.25) is 0 Å². The van der Waals surface area contributed by atoms with Crippen LogP contribution in [-0.2, 0) is 19.4 Å². The third-order valence-electron chi connectivity index (χ3n) is 2.35. The Morgan fingerprint density at radius 3 is 2.40 bits per heavy atom. The molecule has 1 atom stereocenters. The van der Waals surface area contributed by atoms with E-state index in [-0.39, 0.29) is 13.0 Å². The predicted octanol–water partition coefficient (Wildman–Crippen LogP) is 1.32. The quantitative estimate of drug-likeness (QED) is 0.513. The average molecular weight is 234 g/mol. The van der Waals surface area contributed by atoms with Crippen molar-refractivity contribution in [3.63, 3.8) is 0 Å². The van der Waals surface area contributed by atoms with Crippen LogP contribution in [0.15, 0.2) is 12.7 Å². The summed E-state index contributed by atoms with van der Waals surface area (Å²) in [6, 6.07) is 0. The lowest BCUT2D eigenvalue weighted by molar-refractivity contribution is -0.146. The number of sulfone groups is 1. The van der Waals surface area contributed by atoms with Gasteiger partial charge in [-0.15, -0.1) is 6.58 Å². The predicted molar refractivity (Wildman–Crippen MR) is 59.3 cm³/mol. The van der Waals surface area contributed by atoms with Crippen molar-refractivity contribution in [2.75, 3.05) is 12.9 Å². The largest absolute Gasteiger partial charge is 0.465 e. The molecule has 0 aliphatic carbocycles. The van der Waals surface area contributed by atoms with Crippen molar-refractivity contribution in [3.8, 4) is 0 Å². The van der Waals surface area contributed by atoms with E-state index < -0.39 is 20.6 Å². The maximum atomic E-state index is 11.6. The monoisotopic (exact) mass is 234 g/mol. The van der Waals surface area contributed by atoms with Crippen molar-refractivity contribution in [3.05, 3.63) is 12.7 Å². The van der Waals surface area contributed by atoms with E-state index in [1.807, 2.05) is 0 Å². The zero-order valence-corrected chi connectivity index (χ0v) is 10.3. The number of allylic oxidation sites excluding steroid dienone is 1. The average Bonchev–Trinajstić information content (AvgIpc) is 2.12. The van der Waals surface area contributed by atoms with Crippen molar-refractivity contribution in [2.24, 2.45) is 0 Å². The topological polar surface area (TPSA) is 60.4 Å². The van der Waals surface area contributed by atoms with Gasteiger partial charge in [-0.25, -0.2) is 8.42 Å². The third-order valence-corrected chi connectivity index (χ3v) is 4.36. The van der Waals surface area contributed by atoms with E-state index in [0.29, 0.717) is 6.42 Å². The second kappa shape index (κ2) is 5.30. The van der Waals surface area contributed by atoms with Crippen molar-refractivity contribution in [1.29, 1.82) is 0 Å². The van der Waals surface area contributed by atoms with Gasteiger partial charge in [-0.2, -0.15) is 0 Å². The van der Waals surface area contributed by atoms with Gasteiger partial charge >= 0.3 is 5.97 Å². The van der Waals surface area contributed by atoms with Gasteiger partial charge in [0.15, 0.2) is 14.6 Å². The van der Waals surface area contributed by atoms with Crippen LogP contribution in [0.3, 0.4) is 0 Å². The molecule has 0 saturated heterocycles. The van der Waals surface area contributed by atoms with E-state index in [9.17, 15) is 13.2 Å². The first-order chi connectivity index (χ1) is 6.79. The Morgan fingerprint density at radius 1 is 1.53 bits per heavy atom. The lowest BCUT2D eigenvalue weighted by Crippen LogP contribution is -2.44. The molecule has 0 heterocycles. The summed E-state index contributed by atoms with van der Waals surface area (Å²) in [4.78, 5) is 11.6. The molecule has 0 fully saturated rings. The zero-order chi connectivity index (χ0) is 12.1. The first-order valence-corrected chi connectivity index (χ1v) is 6.66. The molecule has 5 heteroatoms. The maximum Gasteiger partial charge on any atom is 0.327 e. The Hall–Kier alpha value is -0.840. The van der Waals surface area contributed by atoms with Crippen LogP contribution in [0.2, 0.25) is 0 Å². The summed E-state index contributed by atoms with van der Waals surface area (Å²) in [5.41, 5.74) is 0. The Labute approximate surface area is 91.2 Å². The summed E-state index contributed by atoms with van der Waals surface area (Å²) in [6.45, 7) is 6.72. The molecule has 0 saturated carbocycles. The minimum Gasteiger partial charge on any atom is -0.465 e. The Bertz CT molecular complexity index is 331. The molecule has 4 nitrogen and oxygen atoms in total. The molecule has 0 rings (SSSR count). The molecule has 1 unspecified atom stereocenters. The van der Waals surface area contributed by atoms with Gasteiger partial charge in [0.1, 0.15) is 0 Å². The summed E-state index contributed by atoms with van der Waals surface area (Å²) in [7, 11) is -3.48. The van der Waals surface area contributed by atoms with Gasteiger partial charge in [-0.3, -0.25) is 4.79 Å².